The molecule has 0 amide bonds. The Morgan fingerprint density at radius 2 is 1.94 bits per heavy atom. The standard InChI is InChI=1S/C15H18F2O/c1-2-15(8-3-4-9-15)13(18)10-11-6-5-7-12(16)14(11)17/h5-7H,2-4,8-10H2,1H3. The Balaban J connectivity index is 2.18. The van der Waals surface area contributed by atoms with Crippen LogP contribution in [0.5, 0.6) is 0 Å². The quantitative estimate of drug-likeness (QED) is 0.790. The first-order valence-corrected chi connectivity index (χ1v) is 6.55. The molecule has 1 nitrogen and oxygen atoms in total. The van der Waals surface area contributed by atoms with Gasteiger partial charge in [-0.25, -0.2) is 8.78 Å². The molecule has 0 N–H and O–H groups in total. The zero-order valence-corrected chi connectivity index (χ0v) is 10.6. The highest BCUT2D eigenvalue weighted by Crippen LogP contribution is 2.42. The highest BCUT2D eigenvalue weighted by Gasteiger charge is 2.38. The molecule has 98 valence electrons. The van der Waals surface area contributed by atoms with Gasteiger partial charge in [-0.3, -0.25) is 4.79 Å². The van der Waals surface area contributed by atoms with Crippen LogP contribution in [0, 0.1) is 17.0 Å². The van der Waals surface area contributed by atoms with E-state index in [0.29, 0.717) is 0 Å². The summed E-state index contributed by atoms with van der Waals surface area (Å²) in [5.41, 5.74) is -0.113. The summed E-state index contributed by atoms with van der Waals surface area (Å²) >= 11 is 0. The molecule has 0 bridgehead atoms. The number of hydrogen-bond donors (Lipinski definition) is 0. The fourth-order valence-electron chi connectivity index (χ4n) is 2.93. The van der Waals surface area contributed by atoms with Crippen LogP contribution in [0.3, 0.4) is 0 Å². The van der Waals surface area contributed by atoms with Crippen molar-refractivity contribution in [1.82, 2.24) is 0 Å². The molecule has 18 heavy (non-hydrogen) atoms. The van der Waals surface area contributed by atoms with Crippen molar-refractivity contribution in [3.63, 3.8) is 0 Å². The number of halogens is 2. The Bertz CT molecular complexity index is 448. The number of benzene rings is 1. The summed E-state index contributed by atoms with van der Waals surface area (Å²) in [6.07, 6.45) is 4.70. The third kappa shape index (κ3) is 2.31. The molecule has 1 aliphatic rings. The molecule has 0 aliphatic heterocycles. The van der Waals surface area contributed by atoms with E-state index in [0.717, 1.165) is 38.2 Å². The van der Waals surface area contributed by atoms with Gasteiger partial charge < -0.3 is 0 Å². The number of Topliss-reactive ketones (excluding diaryl/α,β-unsaturated/α-hetero) is 1. The molecule has 0 unspecified atom stereocenters. The molecule has 0 radical (unpaired) electrons. The SMILES string of the molecule is CCC1(C(=O)Cc2cccc(F)c2F)CCCC1. The van der Waals surface area contributed by atoms with Crippen molar-refractivity contribution < 1.29 is 13.6 Å². The van der Waals surface area contributed by atoms with E-state index in [1.807, 2.05) is 6.92 Å². The van der Waals surface area contributed by atoms with E-state index < -0.39 is 11.6 Å². The van der Waals surface area contributed by atoms with Gasteiger partial charge in [-0.15, -0.1) is 0 Å². The maximum atomic E-state index is 13.6. The van der Waals surface area contributed by atoms with E-state index in [2.05, 4.69) is 0 Å². The van der Waals surface area contributed by atoms with E-state index in [4.69, 9.17) is 0 Å². The van der Waals surface area contributed by atoms with Crippen LogP contribution in [0.4, 0.5) is 8.78 Å². The second-order valence-electron chi connectivity index (χ2n) is 5.15. The minimum Gasteiger partial charge on any atom is -0.299 e. The minimum atomic E-state index is -0.880. The zero-order chi connectivity index (χ0) is 13.2. The maximum Gasteiger partial charge on any atom is 0.162 e. The van der Waals surface area contributed by atoms with E-state index >= 15 is 0 Å². The van der Waals surface area contributed by atoms with Crippen molar-refractivity contribution in [1.29, 1.82) is 0 Å². The van der Waals surface area contributed by atoms with Gasteiger partial charge in [0.25, 0.3) is 0 Å². The number of hydrogen-bond acceptors (Lipinski definition) is 1. The van der Waals surface area contributed by atoms with Gasteiger partial charge in [0, 0.05) is 11.8 Å². The first kappa shape index (κ1) is 13.2. The lowest BCUT2D eigenvalue weighted by molar-refractivity contribution is -0.128. The third-order valence-corrected chi connectivity index (χ3v) is 4.21. The van der Waals surface area contributed by atoms with Crippen LogP contribution in [0.1, 0.15) is 44.6 Å². The van der Waals surface area contributed by atoms with Crippen molar-refractivity contribution in [2.45, 2.75) is 45.4 Å². The number of ketones is 1. The molecule has 0 saturated heterocycles. The molecule has 0 aromatic heterocycles. The van der Waals surface area contributed by atoms with Crippen LogP contribution in [0.2, 0.25) is 0 Å². The highest BCUT2D eigenvalue weighted by atomic mass is 19.2. The number of carbonyl (C=O) groups is 1. The first-order valence-electron chi connectivity index (χ1n) is 6.55. The summed E-state index contributed by atoms with van der Waals surface area (Å²) in [4.78, 5) is 12.3. The van der Waals surface area contributed by atoms with Gasteiger partial charge >= 0.3 is 0 Å². The zero-order valence-electron chi connectivity index (χ0n) is 10.6. The average molecular weight is 252 g/mol. The average Bonchev–Trinajstić information content (AvgIpc) is 2.85. The Labute approximate surface area is 106 Å². The Morgan fingerprint density at radius 1 is 1.28 bits per heavy atom. The highest BCUT2D eigenvalue weighted by molar-refractivity contribution is 5.87. The van der Waals surface area contributed by atoms with E-state index in [9.17, 15) is 13.6 Å². The lowest BCUT2D eigenvalue weighted by Gasteiger charge is -2.25. The Morgan fingerprint density at radius 3 is 2.56 bits per heavy atom. The minimum absolute atomic E-state index is 0.0113. The molecule has 1 aliphatic carbocycles. The van der Waals surface area contributed by atoms with Gasteiger partial charge in [0.1, 0.15) is 5.78 Å². The van der Waals surface area contributed by atoms with Gasteiger partial charge in [0.05, 0.1) is 0 Å². The summed E-state index contributed by atoms with van der Waals surface area (Å²) in [5, 5.41) is 0. The van der Waals surface area contributed by atoms with Gasteiger partial charge in [0.2, 0.25) is 0 Å². The second kappa shape index (κ2) is 5.17. The smallest absolute Gasteiger partial charge is 0.162 e. The van der Waals surface area contributed by atoms with Crippen LogP contribution < -0.4 is 0 Å². The molecule has 0 heterocycles. The van der Waals surface area contributed by atoms with Gasteiger partial charge in [0.15, 0.2) is 11.6 Å². The van der Waals surface area contributed by atoms with Crippen molar-refractivity contribution in [2.75, 3.05) is 0 Å². The first-order chi connectivity index (χ1) is 8.59. The van der Waals surface area contributed by atoms with E-state index in [-0.39, 0.29) is 23.2 Å². The molecule has 3 heteroatoms. The molecule has 2 rings (SSSR count). The third-order valence-electron chi connectivity index (χ3n) is 4.21. The van der Waals surface area contributed by atoms with Crippen molar-refractivity contribution in [3.05, 3.63) is 35.4 Å². The summed E-state index contributed by atoms with van der Waals surface area (Å²) < 4.78 is 26.6. The lowest BCUT2D eigenvalue weighted by Crippen LogP contribution is -2.29. The molecule has 0 spiro atoms. The van der Waals surface area contributed by atoms with Gasteiger partial charge in [-0.05, 0) is 30.9 Å². The van der Waals surface area contributed by atoms with Gasteiger partial charge in [-0.2, -0.15) is 0 Å². The molecule has 1 aromatic carbocycles. The van der Waals surface area contributed by atoms with Crippen molar-refractivity contribution in [2.24, 2.45) is 5.41 Å². The van der Waals surface area contributed by atoms with Crippen molar-refractivity contribution >= 4 is 5.78 Å². The van der Waals surface area contributed by atoms with Crippen LogP contribution >= 0.6 is 0 Å². The predicted octanol–water partition coefficient (Wildman–Crippen LogP) is 4.05. The van der Waals surface area contributed by atoms with Crippen molar-refractivity contribution in [3.8, 4) is 0 Å². The molecule has 1 aromatic rings. The fraction of sp³-hybridized carbons (Fsp3) is 0.533. The van der Waals surface area contributed by atoms with Crippen LogP contribution in [-0.4, -0.2) is 5.78 Å². The van der Waals surface area contributed by atoms with Crippen LogP contribution in [0.25, 0.3) is 0 Å². The number of rotatable bonds is 4. The largest absolute Gasteiger partial charge is 0.299 e. The van der Waals surface area contributed by atoms with E-state index in [1.54, 1.807) is 0 Å². The monoisotopic (exact) mass is 252 g/mol. The van der Waals surface area contributed by atoms with Crippen LogP contribution in [0.15, 0.2) is 18.2 Å². The molecule has 1 fully saturated rings. The fourth-order valence-corrected chi connectivity index (χ4v) is 2.93. The number of carbonyl (C=O) groups excluding carboxylic acids is 1. The Kier molecular flexibility index (Phi) is 3.79. The lowest BCUT2D eigenvalue weighted by atomic mass is 9.77. The molecule has 1 saturated carbocycles. The molecule has 0 atom stereocenters. The van der Waals surface area contributed by atoms with E-state index in [1.165, 1.54) is 12.1 Å². The summed E-state index contributed by atoms with van der Waals surface area (Å²) in [6.45, 7) is 2.01. The molecular weight excluding hydrogens is 234 g/mol. The Hall–Kier alpha value is -1.25. The topological polar surface area (TPSA) is 17.1 Å². The normalized spacial score (nSPS) is 17.9. The summed E-state index contributed by atoms with van der Waals surface area (Å²) in [6, 6.07) is 4.03. The van der Waals surface area contributed by atoms with Gasteiger partial charge in [-0.1, -0.05) is 31.9 Å². The molecular formula is C15H18F2O. The maximum absolute atomic E-state index is 13.6. The summed E-state index contributed by atoms with van der Waals surface area (Å²) in [5.74, 6) is -1.70. The second-order valence-corrected chi connectivity index (χ2v) is 5.15. The summed E-state index contributed by atoms with van der Waals surface area (Å²) in [7, 11) is 0. The van der Waals surface area contributed by atoms with Crippen LogP contribution in [-0.2, 0) is 11.2 Å². The predicted molar refractivity (Wildman–Crippen MR) is 66.3 cm³/mol.